The van der Waals surface area contributed by atoms with Gasteiger partial charge < -0.3 is 10.6 Å². The summed E-state index contributed by atoms with van der Waals surface area (Å²) in [5.74, 6) is 1.72. The summed E-state index contributed by atoms with van der Waals surface area (Å²) in [6, 6.07) is 2.71. The van der Waals surface area contributed by atoms with Gasteiger partial charge >= 0.3 is 0 Å². The molecule has 1 fully saturated rings. The Labute approximate surface area is 139 Å². The van der Waals surface area contributed by atoms with Crippen LogP contribution in [0.25, 0.3) is 0 Å². The van der Waals surface area contributed by atoms with Crippen molar-refractivity contribution in [1.29, 1.82) is 0 Å². The van der Waals surface area contributed by atoms with Gasteiger partial charge in [-0.15, -0.1) is 11.3 Å². The second-order valence-electron chi connectivity index (χ2n) is 6.42. The Morgan fingerprint density at radius 2 is 2.32 bits per heavy atom. The fraction of sp³-hybridized carbons (Fsp3) is 0.706. The molecule has 1 aromatic rings. The third-order valence-electron chi connectivity index (χ3n) is 4.48. The summed E-state index contributed by atoms with van der Waals surface area (Å²) in [4.78, 5) is 8.30. The zero-order chi connectivity index (χ0) is 15.9. The first-order valence-corrected chi connectivity index (χ1v) is 9.19. The number of thiophene rings is 1. The molecule has 0 spiro atoms. The molecule has 0 aliphatic carbocycles. The highest BCUT2D eigenvalue weighted by Crippen LogP contribution is 2.17. The Hall–Kier alpha value is -1.07. The molecule has 0 saturated carbocycles. The van der Waals surface area contributed by atoms with E-state index in [0.717, 1.165) is 25.0 Å². The molecule has 0 bridgehead atoms. The van der Waals surface area contributed by atoms with E-state index in [1.807, 2.05) is 7.05 Å². The van der Waals surface area contributed by atoms with E-state index in [-0.39, 0.29) is 0 Å². The van der Waals surface area contributed by atoms with Crippen molar-refractivity contribution in [3.05, 3.63) is 21.9 Å². The second kappa shape index (κ2) is 8.53. The van der Waals surface area contributed by atoms with E-state index >= 15 is 0 Å². The van der Waals surface area contributed by atoms with Crippen LogP contribution in [0.15, 0.2) is 16.4 Å². The molecule has 1 aliphatic heterocycles. The van der Waals surface area contributed by atoms with Crippen LogP contribution in [0.4, 0.5) is 0 Å². The van der Waals surface area contributed by atoms with Crippen LogP contribution in [0, 0.1) is 12.8 Å². The molecule has 2 N–H and O–H groups in total. The third kappa shape index (κ3) is 4.99. The summed E-state index contributed by atoms with van der Waals surface area (Å²) in [7, 11) is 1.84. The summed E-state index contributed by atoms with van der Waals surface area (Å²) in [6.07, 6.45) is 2.70. The third-order valence-corrected chi connectivity index (χ3v) is 5.51. The minimum Gasteiger partial charge on any atom is -0.355 e. The molecule has 1 saturated heterocycles. The lowest BCUT2D eigenvalue weighted by molar-refractivity contribution is 0.139. The molecule has 2 atom stereocenters. The number of aliphatic imine (C=N–C) groups is 1. The molecular weight excluding hydrogens is 292 g/mol. The summed E-state index contributed by atoms with van der Waals surface area (Å²) in [5.41, 5.74) is 1.35. The van der Waals surface area contributed by atoms with Gasteiger partial charge in [0.15, 0.2) is 5.96 Å². The van der Waals surface area contributed by atoms with Crippen molar-refractivity contribution in [3.8, 4) is 0 Å². The molecule has 0 radical (unpaired) electrons. The van der Waals surface area contributed by atoms with Gasteiger partial charge in [0.05, 0.1) is 6.54 Å². The van der Waals surface area contributed by atoms with Gasteiger partial charge in [-0.05, 0) is 56.2 Å². The van der Waals surface area contributed by atoms with E-state index in [1.54, 1.807) is 11.3 Å². The maximum absolute atomic E-state index is 4.33. The molecule has 2 unspecified atom stereocenters. The van der Waals surface area contributed by atoms with Crippen LogP contribution in [0.1, 0.15) is 37.1 Å². The molecule has 4 nitrogen and oxygen atoms in total. The van der Waals surface area contributed by atoms with Gasteiger partial charge in [-0.3, -0.25) is 9.89 Å². The number of guanidine groups is 1. The van der Waals surface area contributed by atoms with Crippen molar-refractivity contribution < 1.29 is 0 Å². The van der Waals surface area contributed by atoms with Gasteiger partial charge in [-0.2, -0.15) is 0 Å². The van der Waals surface area contributed by atoms with Crippen LogP contribution in [-0.4, -0.2) is 43.6 Å². The van der Waals surface area contributed by atoms with Crippen molar-refractivity contribution >= 4 is 17.3 Å². The summed E-state index contributed by atoms with van der Waals surface area (Å²) < 4.78 is 0. The average Bonchev–Trinajstić information content (AvgIpc) is 2.92. The average molecular weight is 323 g/mol. The Morgan fingerprint density at radius 3 is 2.95 bits per heavy atom. The van der Waals surface area contributed by atoms with Crippen molar-refractivity contribution in [3.63, 3.8) is 0 Å². The molecule has 2 rings (SSSR count). The highest BCUT2D eigenvalue weighted by molar-refractivity contribution is 7.10. The Kier molecular flexibility index (Phi) is 6.70. The van der Waals surface area contributed by atoms with Gasteiger partial charge in [0.1, 0.15) is 0 Å². The van der Waals surface area contributed by atoms with E-state index in [9.17, 15) is 0 Å². The summed E-state index contributed by atoms with van der Waals surface area (Å²) in [6.45, 7) is 11.1. The van der Waals surface area contributed by atoms with Gasteiger partial charge in [-0.1, -0.05) is 6.92 Å². The molecule has 22 heavy (non-hydrogen) atoms. The predicted molar refractivity (Wildman–Crippen MR) is 96.7 cm³/mol. The van der Waals surface area contributed by atoms with Crippen LogP contribution in [0.5, 0.6) is 0 Å². The smallest absolute Gasteiger partial charge is 0.191 e. The fourth-order valence-corrected chi connectivity index (χ4v) is 3.82. The van der Waals surface area contributed by atoms with Crippen molar-refractivity contribution in [2.75, 3.05) is 26.7 Å². The molecule has 0 amide bonds. The number of hydrogen-bond acceptors (Lipinski definition) is 3. The van der Waals surface area contributed by atoms with Crippen molar-refractivity contribution in [2.24, 2.45) is 10.9 Å². The second-order valence-corrected chi connectivity index (χ2v) is 7.43. The van der Waals surface area contributed by atoms with E-state index in [0.29, 0.717) is 6.04 Å². The topological polar surface area (TPSA) is 39.7 Å². The number of likely N-dealkylation sites (tertiary alicyclic amines) is 1. The number of hydrogen-bond donors (Lipinski definition) is 2. The van der Waals surface area contributed by atoms with Crippen LogP contribution < -0.4 is 10.6 Å². The number of nitrogens with one attached hydrogen (secondary N) is 2. The number of piperidine rings is 1. The highest BCUT2D eigenvalue weighted by Gasteiger charge is 2.20. The quantitative estimate of drug-likeness (QED) is 0.647. The molecular formula is C17H30N4S. The van der Waals surface area contributed by atoms with Crippen molar-refractivity contribution in [1.82, 2.24) is 15.5 Å². The minimum absolute atomic E-state index is 0.546. The molecule has 5 heteroatoms. The maximum Gasteiger partial charge on any atom is 0.191 e. The minimum atomic E-state index is 0.546. The number of rotatable bonds is 5. The van der Waals surface area contributed by atoms with Crippen LogP contribution >= 0.6 is 11.3 Å². The molecule has 0 aromatic carbocycles. The Bertz CT molecular complexity index is 483. The first kappa shape index (κ1) is 17.3. The monoisotopic (exact) mass is 322 g/mol. The van der Waals surface area contributed by atoms with Crippen LogP contribution in [0.2, 0.25) is 0 Å². The van der Waals surface area contributed by atoms with E-state index in [1.165, 1.54) is 36.4 Å². The van der Waals surface area contributed by atoms with E-state index < -0.39 is 0 Å². The van der Waals surface area contributed by atoms with Gasteiger partial charge in [0.2, 0.25) is 0 Å². The lowest BCUT2D eigenvalue weighted by atomic mass is 9.99. The zero-order valence-corrected chi connectivity index (χ0v) is 15.2. The predicted octanol–water partition coefficient (Wildman–Crippen LogP) is 2.84. The molecule has 2 heterocycles. The summed E-state index contributed by atoms with van der Waals surface area (Å²) >= 11 is 1.80. The van der Waals surface area contributed by atoms with E-state index in [4.69, 9.17) is 0 Å². The normalized spacial score (nSPS) is 21.6. The van der Waals surface area contributed by atoms with Gasteiger partial charge in [0.25, 0.3) is 0 Å². The van der Waals surface area contributed by atoms with E-state index in [2.05, 4.69) is 52.7 Å². The standard InChI is InChI=1S/C17H30N4S/c1-13-6-5-8-21(12-13)15(3)10-19-17(18-4)20-11-16-14(2)7-9-22-16/h7,9,13,15H,5-6,8,10-12H2,1-4H3,(H2,18,19,20). The Morgan fingerprint density at radius 1 is 1.50 bits per heavy atom. The molecule has 124 valence electrons. The largest absolute Gasteiger partial charge is 0.355 e. The first-order valence-electron chi connectivity index (χ1n) is 8.31. The number of aryl methyl sites for hydroxylation is 1. The lowest BCUT2D eigenvalue weighted by Crippen LogP contribution is -2.48. The molecule has 1 aromatic heterocycles. The van der Waals surface area contributed by atoms with Gasteiger partial charge in [-0.25, -0.2) is 0 Å². The van der Waals surface area contributed by atoms with Crippen LogP contribution in [0.3, 0.4) is 0 Å². The zero-order valence-electron chi connectivity index (χ0n) is 14.4. The highest BCUT2D eigenvalue weighted by atomic mass is 32.1. The number of nitrogens with zero attached hydrogens (tertiary/aromatic N) is 2. The van der Waals surface area contributed by atoms with Crippen molar-refractivity contribution in [2.45, 2.75) is 46.2 Å². The lowest BCUT2D eigenvalue weighted by Gasteiger charge is -2.35. The Balaban J connectivity index is 1.75. The van der Waals surface area contributed by atoms with Crippen LogP contribution in [-0.2, 0) is 6.54 Å². The SMILES string of the molecule is CN=C(NCc1sccc1C)NCC(C)N1CCCC(C)C1. The fourth-order valence-electron chi connectivity index (χ4n) is 2.97. The van der Waals surface area contributed by atoms with Gasteiger partial charge in [0, 0.05) is 31.1 Å². The molecule has 1 aliphatic rings. The summed E-state index contributed by atoms with van der Waals surface area (Å²) in [5, 5.41) is 9.02. The maximum atomic E-state index is 4.33. The first-order chi connectivity index (χ1) is 10.6.